The summed E-state index contributed by atoms with van der Waals surface area (Å²) in [5.41, 5.74) is -0.263. The Kier molecular flexibility index (Phi) is 6.66. The number of hydrogen-bond acceptors (Lipinski definition) is 5. The maximum Gasteiger partial charge on any atom is 0.455 e. The van der Waals surface area contributed by atoms with Gasteiger partial charge in [0.15, 0.2) is 5.76 Å². The van der Waals surface area contributed by atoms with E-state index in [1.165, 1.54) is 7.11 Å². The first kappa shape index (κ1) is 25.5. The summed E-state index contributed by atoms with van der Waals surface area (Å²) in [5, 5.41) is 4.38. The van der Waals surface area contributed by atoms with Crippen molar-refractivity contribution in [1.82, 2.24) is 9.72 Å². The van der Waals surface area contributed by atoms with E-state index in [1.807, 2.05) is 0 Å². The predicted octanol–water partition coefficient (Wildman–Crippen LogP) is 6.89. The zero-order valence-electron chi connectivity index (χ0n) is 19.8. The number of hydrogen-bond donors (Lipinski definition) is 0. The number of methoxy groups -OCH3 is 1. The van der Waals surface area contributed by atoms with E-state index in [1.54, 1.807) is 78.9 Å². The molecule has 2 aromatic heterocycles. The third kappa shape index (κ3) is 4.63. The van der Waals surface area contributed by atoms with Crippen LogP contribution in [0.2, 0.25) is 0 Å². The molecule has 6 nitrogen and oxygen atoms in total. The monoisotopic (exact) mass is 582 g/mol. The number of Topliss-reactive ketones (excluding diaryl/α,β-unsaturated/α-hetero) is 1. The van der Waals surface area contributed by atoms with Crippen molar-refractivity contribution in [3.63, 3.8) is 0 Å². The van der Waals surface area contributed by atoms with Crippen molar-refractivity contribution in [2.45, 2.75) is 12.7 Å². The molecule has 0 radical (unpaired) electrons. The number of alkyl halides is 3. The molecule has 0 saturated carbocycles. The Morgan fingerprint density at radius 1 is 1.00 bits per heavy atom. The van der Waals surface area contributed by atoms with Gasteiger partial charge >= 0.3 is 6.18 Å². The highest BCUT2D eigenvalue weighted by Gasteiger charge is 2.43. The summed E-state index contributed by atoms with van der Waals surface area (Å²) in [5.74, 6) is -1.37. The fourth-order valence-electron chi connectivity index (χ4n) is 4.33. The summed E-state index contributed by atoms with van der Waals surface area (Å²) in [4.78, 5) is 26.2. The number of ether oxygens (including phenoxy) is 1. The topological polar surface area (TPSA) is 74.3 Å². The minimum Gasteiger partial charge on any atom is -0.496 e. The highest BCUT2D eigenvalue weighted by Crippen LogP contribution is 2.34. The summed E-state index contributed by atoms with van der Waals surface area (Å²) in [6, 6.07) is 21.5. The molecule has 0 aliphatic rings. The first-order valence-corrected chi connectivity index (χ1v) is 12.1. The largest absolute Gasteiger partial charge is 0.496 e. The third-order valence-electron chi connectivity index (χ3n) is 6.04. The molecule has 0 fully saturated rings. The van der Waals surface area contributed by atoms with Crippen LogP contribution in [0.25, 0.3) is 33.3 Å². The van der Waals surface area contributed by atoms with Gasteiger partial charge in [0, 0.05) is 22.6 Å². The van der Waals surface area contributed by atoms with E-state index in [2.05, 4.69) is 21.1 Å². The summed E-state index contributed by atoms with van der Waals surface area (Å²) in [6.45, 7) is -0.239. The van der Waals surface area contributed by atoms with Gasteiger partial charge in [0.25, 0.3) is 11.3 Å². The van der Waals surface area contributed by atoms with Crippen LogP contribution in [-0.2, 0) is 6.54 Å². The quantitative estimate of drug-likeness (QED) is 0.204. The van der Waals surface area contributed by atoms with E-state index in [9.17, 15) is 22.8 Å². The van der Waals surface area contributed by atoms with Crippen LogP contribution in [-0.4, -0.2) is 28.8 Å². The van der Waals surface area contributed by atoms with Crippen molar-refractivity contribution in [1.29, 1.82) is 0 Å². The van der Waals surface area contributed by atoms with Gasteiger partial charge < -0.3 is 9.26 Å². The average molecular weight is 583 g/mol. The Morgan fingerprint density at radius 2 is 1.71 bits per heavy atom. The SMILES string of the molecule is COc1ccc(-c2cc(Cn3c(=O)c(C(=O)C(F)(F)F)c(-c4ccccc4)c4ccccc43)on2)cc1Br. The summed E-state index contributed by atoms with van der Waals surface area (Å²) >= 11 is 3.41. The van der Waals surface area contributed by atoms with Gasteiger partial charge in [0.1, 0.15) is 17.0 Å². The van der Waals surface area contributed by atoms with Crippen molar-refractivity contribution in [3.8, 4) is 28.1 Å². The maximum absolute atomic E-state index is 13.7. The minimum absolute atomic E-state index is 0.0638. The normalized spacial score (nSPS) is 11.6. The second-order valence-corrected chi connectivity index (χ2v) is 9.23. The highest BCUT2D eigenvalue weighted by molar-refractivity contribution is 9.10. The molecule has 5 aromatic rings. The molecule has 0 aliphatic heterocycles. The van der Waals surface area contributed by atoms with Gasteiger partial charge in [-0.2, -0.15) is 13.2 Å². The number of aromatic nitrogens is 2. The van der Waals surface area contributed by atoms with Crippen LogP contribution in [0.15, 0.2) is 92.7 Å². The van der Waals surface area contributed by atoms with Gasteiger partial charge in [-0.3, -0.25) is 14.2 Å². The molecule has 0 atom stereocenters. The number of carbonyl (C=O) groups is 1. The van der Waals surface area contributed by atoms with Crippen LogP contribution in [0.5, 0.6) is 5.75 Å². The van der Waals surface area contributed by atoms with E-state index < -0.39 is 23.1 Å². The summed E-state index contributed by atoms with van der Waals surface area (Å²) in [7, 11) is 1.54. The second-order valence-electron chi connectivity index (χ2n) is 8.38. The number of para-hydroxylation sites is 1. The van der Waals surface area contributed by atoms with E-state index in [0.29, 0.717) is 37.9 Å². The Bertz CT molecular complexity index is 1730. The van der Waals surface area contributed by atoms with Crippen LogP contribution >= 0.6 is 15.9 Å². The van der Waals surface area contributed by atoms with Crippen LogP contribution in [0.1, 0.15) is 16.1 Å². The summed E-state index contributed by atoms with van der Waals surface area (Å²) < 4.78 is 53.6. The fraction of sp³-hybridized carbons (Fsp3) is 0.107. The predicted molar refractivity (Wildman–Crippen MR) is 139 cm³/mol. The van der Waals surface area contributed by atoms with Crippen LogP contribution in [0.3, 0.4) is 0 Å². The molecule has 5 rings (SSSR count). The molecular formula is C28H18BrF3N2O4. The van der Waals surface area contributed by atoms with Gasteiger partial charge in [-0.05, 0) is 45.8 Å². The highest BCUT2D eigenvalue weighted by atomic mass is 79.9. The number of fused-ring (bicyclic) bond motifs is 1. The smallest absolute Gasteiger partial charge is 0.455 e. The second kappa shape index (κ2) is 9.94. The molecule has 38 heavy (non-hydrogen) atoms. The van der Waals surface area contributed by atoms with Gasteiger partial charge in [-0.1, -0.05) is 53.7 Å². The molecule has 0 amide bonds. The average Bonchev–Trinajstić information content (AvgIpc) is 3.38. The zero-order chi connectivity index (χ0) is 27.0. The lowest BCUT2D eigenvalue weighted by Crippen LogP contribution is -2.34. The Labute approximate surface area is 222 Å². The van der Waals surface area contributed by atoms with Gasteiger partial charge in [0.2, 0.25) is 0 Å². The molecule has 0 saturated heterocycles. The molecule has 0 unspecified atom stereocenters. The van der Waals surface area contributed by atoms with E-state index in [4.69, 9.17) is 9.26 Å². The fourth-order valence-corrected chi connectivity index (χ4v) is 4.87. The minimum atomic E-state index is -5.25. The Morgan fingerprint density at radius 3 is 2.39 bits per heavy atom. The van der Waals surface area contributed by atoms with E-state index >= 15 is 0 Å². The first-order valence-electron chi connectivity index (χ1n) is 11.3. The van der Waals surface area contributed by atoms with Crippen molar-refractivity contribution in [2.75, 3.05) is 7.11 Å². The van der Waals surface area contributed by atoms with Gasteiger partial charge in [-0.25, -0.2) is 0 Å². The van der Waals surface area contributed by atoms with Crippen LogP contribution in [0, 0.1) is 0 Å². The molecule has 2 heterocycles. The molecule has 192 valence electrons. The third-order valence-corrected chi connectivity index (χ3v) is 6.66. The van der Waals surface area contributed by atoms with Crippen molar-refractivity contribution < 1.29 is 27.2 Å². The summed E-state index contributed by atoms with van der Waals surface area (Å²) in [6.07, 6.45) is -5.25. The van der Waals surface area contributed by atoms with Crippen LogP contribution in [0.4, 0.5) is 13.2 Å². The molecular weight excluding hydrogens is 565 g/mol. The first-order chi connectivity index (χ1) is 18.2. The standard InChI is InChI=1S/C28H18BrF3N2O4/c1-37-23-12-11-17(13-20(23)29)21-14-18(38-33-21)15-34-22-10-6-5-9-19(22)24(16-7-3-2-4-8-16)25(27(34)36)26(35)28(30,31)32/h2-14H,15H2,1H3. The number of pyridine rings is 1. The molecule has 0 N–H and O–H groups in total. The Balaban J connectivity index is 1.68. The molecule has 0 spiro atoms. The number of nitrogens with zero attached hydrogens (tertiary/aromatic N) is 2. The maximum atomic E-state index is 13.7. The lowest BCUT2D eigenvalue weighted by atomic mass is 9.93. The van der Waals surface area contributed by atoms with Crippen molar-refractivity contribution in [3.05, 3.63) is 105 Å². The van der Waals surface area contributed by atoms with Crippen LogP contribution < -0.4 is 10.3 Å². The lowest BCUT2D eigenvalue weighted by molar-refractivity contribution is -0.0885. The van der Waals surface area contributed by atoms with E-state index in [-0.39, 0.29) is 17.9 Å². The number of ketones is 1. The van der Waals surface area contributed by atoms with Crippen molar-refractivity contribution in [2.24, 2.45) is 0 Å². The lowest BCUT2D eigenvalue weighted by Gasteiger charge is -2.18. The number of carbonyl (C=O) groups excluding carboxylic acids is 1. The molecule has 0 aliphatic carbocycles. The van der Waals surface area contributed by atoms with E-state index in [0.717, 1.165) is 4.57 Å². The van der Waals surface area contributed by atoms with Gasteiger partial charge in [-0.15, -0.1) is 0 Å². The number of halogens is 4. The van der Waals surface area contributed by atoms with Crippen molar-refractivity contribution >= 4 is 32.6 Å². The molecule has 3 aromatic carbocycles. The molecule has 10 heteroatoms. The number of rotatable bonds is 6. The number of benzene rings is 3. The molecule has 0 bridgehead atoms. The van der Waals surface area contributed by atoms with Gasteiger partial charge in [0.05, 0.1) is 23.6 Å². The zero-order valence-corrected chi connectivity index (χ0v) is 21.3. The Hall–Kier alpha value is -4.18.